The van der Waals surface area contributed by atoms with Gasteiger partial charge < -0.3 is 8.85 Å². The highest BCUT2D eigenvalue weighted by Gasteiger charge is 2.12. The summed E-state index contributed by atoms with van der Waals surface area (Å²) in [6, 6.07) is 34.0. The molecule has 0 radical (unpaired) electrons. The molecule has 0 aliphatic heterocycles. The van der Waals surface area contributed by atoms with E-state index in [2.05, 4.69) is 147 Å². The fourth-order valence-electron chi connectivity index (χ4n) is 6.13. The fraction of sp³-hybridized carbons (Fsp3) is 0.174. The summed E-state index contributed by atoms with van der Waals surface area (Å²) in [5.41, 5.74) is 4.02. The summed E-state index contributed by atoms with van der Waals surface area (Å²) in [5.74, 6) is 14.9. The van der Waals surface area contributed by atoms with Crippen molar-refractivity contribution in [2.75, 3.05) is 13.2 Å². The van der Waals surface area contributed by atoms with Gasteiger partial charge in [0.1, 0.15) is 0 Å². The van der Waals surface area contributed by atoms with Crippen LogP contribution in [0.5, 0.6) is 0 Å². The van der Waals surface area contributed by atoms with Gasteiger partial charge in [0, 0.05) is 35.5 Å². The normalized spacial score (nSPS) is 11.2. The number of hydrogen-bond acceptors (Lipinski definition) is 2. The summed E-state index contributed by atoms with van der Waals surface area (Å²) >= 11 is 0. The highest BCUT2D eigenvalue weighted by atomic mass is 28.2. The number of hydrogen-bond donors (Lipinski definition) is 0. The molecule has 0 spiro atoms. The van der Waals surface area contributed by atoms with Crippen molar-refractivity contribution in [3.05, 3.63) is 170 Å². The molecule has 0 saturated carbocycles. The smallest absolute Gasteiger partial charge is 0.192 e. The van der Waals surface area contributed by atoms with Crippen LogP contribution in [0.2, 0.25) is 0 Å². The second-order valence-corrected chi connectivity index (χ2v) is 15.6. The first-order valence-corrected chi connectivity index (χ1v) is 19.9. The second kappa shape index (κ2) is 19.3. The van der Waals surface area contributed by atoms with Crippen molar-refractivity contribution in [3.8, 4) is 23.7 Å². The molecule has 0 N–H and O–H groups in total. The van der Waals surface area contributed by atoms with Crippen LogP contribution in [0.1, 0.15) is 47.9 Å². The number of allylic oxidation sites excluding steroid dienone is 4. The van der Waals surface area contributed by atoms with Crippen LogP contribution in [-0.4, -0.2) is 32.7 Å². The van der Waals surface area contributed by atoms with Crippen molar-refractivity contribution in [2.24, 2.45) is 11.8 Å². The molecule has 0 atom stereocenters. The summed E-state index contributed by atoms with van der Waals surface area (Å²) in [6.45, 7) is 17.0. The van der Waals surface area contributed by atoms with Gasteiger partial charge in [0.2, 0.25) is 0 Å². The third-order valence-electron chi connectivity index (χ3n) is 8.75. The summed E-state index contributed by atoms with van der Waals surface area (Å²) in [5, 5.41) is 6.98. The van der Waals surface area contributed by atoms with E-state index >= 15 is 0 Å². The third kappa shape index (κ3) is 10.0. The predicted molar refractivity (Wildman–Crippen MR) is 221 cm³/mol. The Morgan fingerprint density at radius 3 is 1.08 bits per heavy atom. The fourth-order valence-corrected chi connectivity index (χ4v) is 8.36. The highest BCUT2D eigenvalue weighted by Crippen LogP contribution is 2.32. The lowest BCUT2D eigenvalue weighted by Gasteiger charge is -2.13. The average molecular weight is 687 g/mol. The van der Waals surface area contributed by atoms with Crippen LogP contribution in [0.25, 0.3) is 21.5 Å². The van der Waals surface area contributed by atoms with Gasteiger partial charge in [-0.2, -0.15) is 0 Å². The number of rotatable bonds is 16. The Morgan fingerprint density at radius 2 is 0.780 bits per heavy atom. The lowest BCUT2D eigenvalue weighted by Crippen LogP contribution is -2.20. The van der Waals surface area contributed by atoms with Crippen LogP contribution in [0, 0.1) is 35.5 Å². The molecule has 2 nitrogen and oxygen atoms in total. The topological polar surface area (TPSA) is 18.5 Å². The van der Waals surface area contributed by atoms with E-state index in [-0.39, 0.29) is 0 Å². The van der Waals surface area contributed by atoms with Crippen molar-refractivity contribution in [1.29, 1.82) is 0 Å². The Kier molecular flexibility index (Phi) is 14.0. The van der Waals surface area contributed by atoms with Gasteiger partial charge in [0.05, 0.1) is 0 Å². The zero-order chi connectivity index (χ0) is 35.0. The highest BCUT2D eigenvalue weighted by molar-refractivity contribution is 6.47. The minimum absolute atomic E-state index is 0.456. The van der Waals surface area contributed by atoms with Gasteiger partial charge in [-0.05, 0) is 93.7 Å². The van der Waals surface area contributed by atoms with Crippen molar-refractivity contribution in [2.45, 2.75) is 25.7 Å². The van der Waals surface area contributed by atoms with E-state index in [1.54, 1.807) is 0 Å². The van der Waals surface area contributed by atoms with E-state index < -0.39 is 19.5 Å². The molecule has 0 amide bonds. The summed E-state index contributed by atoms with van der Waals surface area (Å²) in [7, 11) is -1.61. The second-order valence-electron chi connectivity index (χ2n) is 12.6. The molecule has 0 fully saturated rings. The molecule has 5 aromatic carbocycles. The molecule has 5 aromatic rings. The predicted octanol–water partition coefficient (Wildman–Crippen LogP) is 7.78. The van der Waals surface area contributed by atoms with Crippen LogP contribution in [0.3, 0.4) is 0 Å². The van der Waals surface area contributed by atoms with Crippen molar-refractivity contribution in [1.82, 2.24) is 0 Å². The average Bonchev–Trinajstić information content (AvgIpc) is 3.14. The Morgan fingerprint density at radius 1 is 0.460 bits per heavy atom. The van der Waals surface area contributed by atoms with Gasteiger partial charge in [-0.25, -0.2) is 0 Å². The maximum Gasteiger partial charge on any atom is 0.192 e. The summed E-state index contributed by atoms with van der Waals surface area (Å²) in [6.07, 6.45) is 11.7. The van der Waals surface area contributed by atoms with Gasteiger partial charge in [-0.15, -0.1) is 26.3 Å². The van der Waals surface area contributed by atoms with E-state index in [9.17, 15) is 0 Å². The molecule has 0 aliphatic carbocycles. The van der Waals surface area contributed by atoms with E-state index in [4.69, 9.17) is 8.85 Å². The molecule has 4 heteroatoms. The van der Waals surface area contributed by atoms with Gasteiger partial charge in [0.25, 0.3) is 0 Å². The first kappa shape index (κ1) is 36.3. The maximum absolute atomic E-state index is 6.14. The lowest BCUT2D eigenvalue weighted by molar-refractivity contribution is 0.266. The minimum atomic E-state index is -0.805. The maximum atomic E-state index is 6.14. The third-order valence-corrected chi connectivity index (χ3v) is 11.2. The molecule has 250 valence electrons. The number of fused-ring (bicyclic) bond motifs is 2. The standard InChI is InChI=1S/C46H46O2Si2/c1-5-13-37(14-6-2)33-47-49-39-27-21-35(22-28-39)25-31-45-41-17-9-11-19-43(41)46(44-20-12-10-18-42(44)45)32-26-36-23-29-40(30-24-36)50-48-34-38(15-7-3)16-8-4/h5-12,17-24,27-30,37-38H,1-4,13-16,33-34,49-50H2. The van der Waals surface area contributed by atoms with Crippen LogP contribution < -0.4 is 10.4 Å². The molecule has 50 heavy (non-hydrogen) atoms. The van der Waals surface area contributed by atoms with Gasteiger partial charge >= 0.3 is 0 Å². The minimum Gasteiger partial charge on any atom is -0.418 e. The molecule has 0 heterocycles. The van der Waals surface area contributed by atoms with E-state index in [0.29, 0.717) is 11.8 Å². The van der Waals surface area contributed by atoms with Crippen LogP contribution >= 0.6 is 0 Å². The Balaban J connectivity index is 1.34. The SMILES string of the molecule is C=CCC(CC=C)CO[SiH2]c1ccc(C#Cc2c3ccccc3c(C#Cc3ccc([SiH2]OCC(CC=C)CC=C)cc3)c3ccccc23)cc1. The molecule has 0 unspecified atom stereocenters. The largest absolute Gasteiger partial charge is 0.418 e. The van der Waals surface area contributed by atoms with Crippen molar-refractivity contribution < 1.29 is 8.85 Å². The van der Waals surface area contributed by atoms with Crippen LogP contribution in [-0.2, 0) is 8.85 Å². The molecule has 5 rings (SSSR count). The molecule has 0 aliphatic rings. The molecule has 0 aromatic heterocycles. The molecular formula is C46H46O2Si2. The first-order valence-electron chi connectivity index (χ1n) is 17.4. The van der Waals surface area contributed by atoms with Gasteiger partial charge in [-0.1, -0.05) is 121 Å². The zero-order valence-corrected chi connectivity index (χ0v) is 31.8. The van der Waals surface area contributed by atoms with Gasteiger partial charge in [-0.3, -0.25) is 0 Å². The van der Waals surface area contributed by atoms with Gasteiger partial charge in [0.15, 0.2) is 19.5 Å². The van der Waals surface area contributed by atoms with Crippen LogP contribution in [0.4, 0.5) is 0 Å². The monoisotopic (exact) mass is 686 g/mol. The van der Waals surface area contributed by atoms with E-state index in [1.807, 2.05) is 24.3 Å². The lowest BCUT2D eigenvalue weighted by atomic mass is 9.92. The van der Waals surface area contributed by atoms with E-state index in [1.165, 1.54) is 10.4 Å². The Labute approximate surface area is 303 Å². The molecule has 0 bridgehead atoms. The Bertz CT molecular complexity index is 1830. The number of benzene rings is 5. The first-order chi connectivity index (χ1) is 24.6. The summed E-state index contributed by atoms with van der Waals surface area (Å²) in [4.78, 5) is 0. The summed E-state index contributed by atoms with van der Waals surface area (Å²) < 4.78 is 12.3. The Hall–Kier alpha value is -4.95. The van der Waals surface area contributed by atoms with Crippen LogP contribution in [0.15, 0.2) is 148 Å². The van der Waals surface area contributed by atoms with Crippen molar-refractivity contribution in [3.63, 3.8) is 0 Å². The quantitative estimate of drug-likeness (QED) is 0.0457. The zero-order valence-electron chi connectivity index (χ0n) is 29.0. The van der Waals surface area contributed by atoms with Crippen molar-refractivity contribution >= 4 is 51.4 Å². The molecular weight excluding hydrogens is 641 g/mol. The molecule has 0 saturated heterocycles. The van der Waals surface area contributed by atoms with E-state index in [0.717, 1.165) is 82.7 Å².